The van der Waals surface area contributed by atoms with Gasteiger partial charge in [0.2, 0.25) is 5.91 Å². The summed E-state index contributed by atoms with van der Waals surface area (Å²) >= 11 is 0. The normalized spacial score (nSPS) is 17.7. The van der Waals surface area contributed by atoms with Crippen LogP contribution in [0, 0.1) is 11.3 Å². The van der Waals surface area contributed by atoms with Gasteiger partial charge in [-0.2, -0.15) is 5.26 Å². The van der Waals surface area contributed by atoms with Crippen molar-refractivity contribution in [1.29, 1.82) is 5.26 Å². The molecule has 28 heavy (non-hydrogen) atoms. The Labute approximate surface area is 165 Å². The van der Waals surface area contributed by atoms with Crippen molar-refractivity contribution in [3.63, 3.8) is 0 Å². The molecule has 3 amide bonds. The third-order valence-electron chi connectivity index (χ3n) is 5.32. The van der Waals surface area contributed by atoms with Crippen molar-refractivity contribution in [3.05, 3.63) is 34.9 Å². The van der Waals surface area contributed by atoms with E-state index in [4.69, 9.17) is 4.74 Å². The van der Waals surface area contributed by atoms with Crippen molar-refractivity contribution < 1.29 is 14.3 Å². The maximum absolute atomic E-state index is 12.6. The van der Waals surface area contributed by atoms with Crippen molar-refractivity contribution in [1.82, 2.24) is 15.1 Å². The summed E-state index contributed by atoms with van der Waals surface area (Å²) in [4.78, 5) is 28.2. The van der Waals surface area contributed by atoms with Crippen LogP contribution in [0.1, 0.15) is 44.7 Å². The number of rotatable bonds is 4. The highest BCUT2D eigenvalue weighted by molar-refractivity contribution is 5.92. The summed E-state index contributed by atoms with van der Waals surface area (Å²) in [6.45, 7) is 7.23. The van der Waals surface area contributed by atoms with Crippen LogP contribution in [0.3, 0.4) is 0 Å². The molecule has 0 unspecified atom stereocenters. The molecule has 7 nitrogen and oxygen atoms in total. The van der Waals surface area contributed by atoms with Gasteiger partial charge in [-0.3, -0.25) is 4.79 Å². The Hall–Kier alpha value is -3.01. The van der Waals surface area contributed by atoms with Gasteiger partial charge < -0.3 is 19.9 Å². The lowest BCUT2D eigenvalue weighted by atomic mass is 9.88. The van der Waals surface area contributed by atoms with Crippen LogP contribution in [0.4, 0.5) is 4.79 Å². The summed E-state index contributed by atoms with van der Waals surface area (Å²) in [7, 11) is 1.73. The predicted octanol–water partition coefficient (Wildman–Crippen LogP) is 2.72. The number of carbonyl (C=O) groups excluding carboxylic acids is 2. The first kappa shape index (κ1) is 19.7. The van der Waals surface area contributed by atoms with E-state index >= 15 is 0 Å². The highest BCUT2D eigenvalue weighted by atomic mass is 16.5. The van der Waals surface area contributed by atoms with Gasteiger partial charge in [-0.15, -0.1) is 0 Å². The molecule has 2 aliphatic heterocycles. The zero-order valence-corrected chi connectivity index (χ0v) is 16.8. The molecule has 7 heteroatoms. The maximum atomic E-state index is 12.6. The molecule has 0 saturated carbocycles. The van der Waals surface area contributed by atoms with Crippen molar-refractivity contribution in [2.75, 3.05) is 26.7 Å². The number of benzene rings is 1. The summed E-state index contributed by atoms with van der Waals surface area (Å²) in [5.41, 5.74) is 2.09. The van der Waals surface area contributed by atoms with Gasteiger partial charge >= 0.3 is 6.03 Å². The fourth-order valence-electron chi connectivity index (χ4n) is 3.59. The van der Waals surface area contributed by atoms with Crippen LogP contribution in [0.15, 0.2) is 23.8 Å². The Morgan fingerprint density at radius 3 is 2.79 bits per heavy atom. The van der Waals surface area contributed by atoms with Gasteiger partial charge in [0.05, 0.1) is 17.3 Å². The monoisotopic (exact) mass is 382 g/mol. The van der Waals surface area contributed by atoms with Gasteiger partial charge in [-0.05, 0) is 45.4 Å². The number of nitriles is 1. The minimum Gasteiger partial charge on any atom is -0.483 e. The molecule has 1 fully saturated rings. The first-order chi connectivity index (χ1) is 13.3. The van der Waals surface area contributed by atoms with Crippen LogP contribution in [0.2, 0.25) is 0 Å². The summed E-state index contributed by atoms with van der Waals surface area (Å²) in [6, 6.07) is 7.20. The van der Waals surface area contributed by atoms with E-state index in [1.807, 2.05) is 20.8 Å². The van der Waals surface area contributed by atoms with Gasteiger partial charge in [0.25, 0.3) is 0 Å². The third kappa shape index (κ3) is 3.55. The Kier molecular flexibility index (Phi) is 5.32. The zero-order chi connectivity index (χ0) is 20.5. The quantitative estimate of drug-likeness (QED) is 0.868. The number of carbonyl (C=O) groups is 2. The van der Waals surface area contributed by atoms with Gasteiger partial charge in [0, 0.05) is 44.2 Å². The molecule has 2 heterocycles. The molecule has 0 radical (unpaired) electrons. The molecule has 0 bridgehead atoms. The van der Waals surface area contributed by atoms with Crippen LogP contribution in [-0.4, -0.2) is 54.0 Å². The van der Waals surface area contributed by atoms with Crippen molar-refractivity contribution in [2.24, 2.45) is 0 Å². The van der Waals surface area contributed by atoms with E-state index in [0.29, 0.717) is 30.8 Å². The number of ether oxygens (including phenoxy) is 1. The number of hydrogen-bond donors (Lipinski definition) is 1. The lowest BCUT2D eigenvalue weighted by Gasteiger charge is -2.39. The number of nitrogens with zero attached hydrogens (tertiary/aromatic N) is 3. The second-order valence-corrected chi connectivity index (χ2v) is 7.58. The van der Waals surface area contributed by atoms with E-state index < -0.39 is 5.60 Å². The van der Waals surface area contributed by atoms with Crippen molar-refractivity contribution >= 4 is 17.6 Å². The maximum Gasteiger partial charge on any atom is 0.317 e. The second-order valence-electron chi connectivity index (χ2n) is 7.58. The Bertz CT molecular complexity index is 882. The minimum atomic E-state index is -0.711. The topological polar surface area (TPSA) is 85.7 Å². The van der Waals surface area contributed by atoms with Gasteiger partial charge in [0.15, 0.2) is 0 Å². The highest BCUT2D eigenvalue weighted by Gasteiger charge is 2.39. The average molecular weight is 382 g/mol. The lowest BCUT2D eigenvalue weighted by Crippen LogP contribution is -2.45. The smallest absolute Gasteiger partial charge is 0.317 e. The number of fused-ring (bicyclic) bond motifs is 1. The van der Waals surface area contributed by atoms with E-state index in [1.54, 1.807) is 35.0 Å². The molecule has 1 saturated heterocycles. The molecular formula is C21H26N4O3. The van der Waals surface area contributed by atoms with Gasteiger partial charge in [-0.25, -0.2) is 4.79 Å². The van der Waals surface area contributed by atoms with Gasteiger partial charge in [0.1, 0.15) is 11.4 Å². The molecule has 0 atom stereocenters. The molecular weight excluding hydrogens is 356 g/mol. The average Bonchev–Trinajstić information content (AvgIpc) is 3.09. The molecule has 3 rings (SSSR count). The fraction of sp³-hybridized carbons (Fsp3) is 0.476. The summed E-state index contributed by atoms with van der Waals surface area (Å²) in [5.74, 6) is 0.690. The van der Waals surface area contributed by atoms with Crippen LogP contribution >= 0.6 is 0 Å². The molecule has 1 aromatic rings. The summed E-state index contributed by atoms with van der Waals surface area (Å²) in [5, 5.41) is 12.3. The zero-order valence-electron chi connectivity index (χ0n) is 16.8. The third-order valence-corrected chi connectivity index (χ3v) is 5.32. The van der Waals surface area contributed by atoms with E-state index in [9.17, 15) is 14.9 Å². The largest absolute Gasteiger partial charge is 0.483 e. The number of urea groups is 1. The first-order valence-electron chi connectivity index (χ1n) is 9.55. The van der Waals surface area contributed by atoms with E-state index in [1.165, 1.54) is 0 Å². The van der Waals surface area contributed by atoms with E-state index in [0.717, 1.165) is 23.3 Å². The van der Waals surface area contributed by atoms with Crippen LogP contribution < -0.4 is 10.1 Å². The number of hydrogen-bond acceptors (Lipinski definition) is 4. The summed E-state index contributed by atoms with van der Waals surface area (Å²) < 4.78 is 6.21. The summed E-state index contributed by atoms with van der Waals surface area (Å²) in [6.07, 6.45) is 1.28. The molecule has 0 spiro atoms. The van der Waals surface area contributed by atoms with Crippen molar-refractivity contribution in [2.45, 2.75) is 39.2 Å². The number of amides is 3. The highest BCUT2D eigenvalue weighted by Crippen LogP contribution is 2.43. The molecule has 0 aromatic heterocycles. The minimum absolute atomic E-state index is 0.0514. The molecule has 1 N–H and O–H groups in total. The molecule has 2 aliphatic rings. The number of nitrogens with one attached hydrogen (secondary N) is 1. The fourth-order valence-corrected chi connectivity index (χ4v) is 3.59. The van der Waals surface area contributed by atoms with Crippen molar-refractivity contribution in [3.8, 4) is 11.8 Å². The van der Waals surface area contributed by atoms with Crippen LogP contribution in [0.25, 0.3) is 5.70 Å². The van der Waals surface area contributed by atoms with Gasteiger partial charge in [-0.1, -0.05) is 0 Å². The SMILES string of the molecule is CCN(C)C(=O)NCC1=C(N2CCCC2=O)c2cc(C#N)ccc2OC1(C)C. The standard InChI is InChI=1S/C21H26N4O3/c1-5-24(4)20(27)23-13-16-19(25-10-6-7-18(25)26)15-11-14(12-22)8-9-17(15)28-21(16,2)3/h8-9,11H,5-7,10,13H2,1-4H3,(H,23,27). The Morgan fingerprint density at radius 2 is 2.18 bits per heavy atom. The molecule has 0 aliphatic carbocycles. The van der Waals surface area contributed by atoms with E-state index in [2.05, 4.69) is 11.4 Å². The van der Waals surface area contributed by atoms with E-state index in [-0.39, 0.29) is 18.5 Å². The lowest BCUT2D eigenvalue weighted by molar-refractivity contribution is -0.125. The molecule has 1 aromatic carbocycles. The predicted molar refractivity (Wildman–Crippen MR) is 105 cm³/mol. The van der Waals surface area contributed by atoms with Crippen LogP contribution in [0.5, 0.6) is 5.75 Å². The number of likely N-dealkylation sites (tertiary alicyclic amines) is 1. The molecule has 148 valence electrons. The Balaban J connectivity index is 2.11. The second kappa shape index (κ2) is 7.55. The van der Waals surface area contributed by atoms with Crippen LogP contribution in [-0.2, 0) is 4.79 Å². The Morgan fingerprint density at radius 1 is 1.43 bits per heavy atom. The first-order valence-corrected chi connectivity index (χ1v) is 9.55.